The number of nitro groups is 1. The number of benzene rings is 1. The second-order valence-electron chi connectivity index (χ2n) is 3.52. The molecule has 1 aromatic carbocycles. The zero-order chi connectivity index (χ0) is 13.8. The number of hydrogen-bond acceptors (Lipinski definition) is 5. The quantitative estimate of drug-likeness (QED) is 0.489. The molecule has 0 aliphatic rings. The molecular formula is C12H7BrN2O4. The van der Waals surface area contributed by atoms with Crippen molar-refractivity contribution < 1.29 is 14.5 Å². The van der Waals surface area contributed by atoms with Crippen molar-refractivity contribution in [2.24, 2.45) is 0 Å². The Balaban J connectivity index is 2.35. The fraction of sp³-hybridized carbons (Fsp3) is 0. The first-order valence-electron chi connectivity index (χ1n) is 5.13. The maximum absolute atomic E-state index is 10.8. The number of carbonyl (C=O) groups is 1. The zero-order valence-corrected chi connectivity index (χ0v) is 11.0. The van der Waals surface area contributed by atoms with E-state index in [9.17, 15) is 14.9 Å². The molecule has 0 atom stereocenters. The van der Waals surface area contributed by atoms with Gasteiger partial charge in [0.25, 0.3) is 5.69 Å². The molecule has 0 aliphatic heterocycles. The molecule has 19 heavy (non-hydrogen) atoms. The number of nitrogens with zero attached hydrogens (tertiary/aromatic N) is 2. The van der Waals surface area contributed by atoms with Gasteiger partial charge in [-0.3, -0.25) is 19.9 Å². The summed E-state index contributed by atoms with van der Waals surface area (Å²) in [6.45, 7) is 0. The number of ether oxygens (including phenoxy) is 1. The molecule has 2 rings (SSSR count). The standard InChI is InChI=1S/C12H7BrN2O4/c13-12-10(15(17)18)2-1-3-11(12)19-9-4-8(7-16)5-14-6-9/h1-7H. The van der Waals surface area contributed by atoms with Crippen LogP contribution in [0.15, 0.2) is 41.1 Å². The third-order valence-electron chi connectivity index (χ3n) is 2.24. The Morgan fingerprint density at radius 2 is 2.16 bits per heavy atom. The highest BCUT2D eigenvalue weighted by Gasteiger charge is 2.16. The van der Waals surface area contributed by atoms with Crippen molar-refractivity contribution in [2.75, 3.05) is 0 Å². The number of pyridine rings is 1. The van der Waals surface area contributed by atoms with Gasteiger partial charge >= 0.3 is 0 Å². The predicted molar refractivity (Wildman–Crippen MR) is 70.5 cm³/mol. The molecule has 2 aromatic rings. The highest BCUT2D eigenvalue weighted by molar-refractivity contribution is 9.10. The number of hydrogen-bond donors (Lipinski definition) is 0. The van der Waals surface area contributed by atoms with Crippen LogP contribution in [0.1, 0.15) is 10.4 Å². The summed E-state index contributed by atoms with van der Waals surface area (Å²) in [6.07, 6.45) is 3.45. The molecule has 0 bridgehead atoms. The second kappa shape index (κ2) is 5.57. The molecule has 6 nitrogen and oxygen atoms in total. The number of aromatic nitrogens is 1. The number of halogens is 1. The van der Waals surface area contributed by atoms with E-state index >= 15 is 0 Å². The minimum absolute atomic E-state index is 0.1000. The molecule has 1 aromatic heterocycles. The van der Waals surface area contributed by atoms with Crippen molar-refractivity contribution in [1.29, 1.82) is 0 Å². The lowest BCUT2D eigenvalue weighted by Crippen LogP contribution is -1.93. The Kier molecular flexibility index (Phi) is 3.86. The van der Waals surface area contributed by atoms with E-state index in [4.69, 9.17) is 4.74 Å². The van der Waals surface area contributed by atoms with Gasteiger partial charge in [0.15, 0.2) is 6.29 Å². The van der Waals surface area contributed by atoms with Gasteiger partial charge in [0.2, 0.25) is 0 Å². The summed E-state index contributed by atoms with van der Waals surface area (Å²) in [4.78, 5) is 24.7. The summed E-state index contributed by atoms with van der Waals surface area (Å²) < 4.78 is 5.70. The van der Waals surface area contributed by atoms with Crippen molar-refractivity contribution in [3.8, 4) is 11.5 Å². The molecule has 0 N–H and O–H groups in total. The van der Waals surface area contributed by atoms with Crippen LogP contribution in [-0.2, 0) is 0 Å². The molecular weight excluding hydrogens is 316 g/mol. The molecule has 0 spiro atoms. The Morgan fingerprint density at radius 1 is 1.37 bits per heavy atom. The summed E-state index contributed by atoms with van der Waals surface area (Å²) >= 11 is 3.12. The molecule has 0 saturated carbocycles. The summed E-state index contributed by atoms with van der Waals surface area (Å²) in [5.41, 5.74) is 0.260. The van der Waals surface area contributed by atoms with E-state index in [1.54, 1.807) is 6.07 Å². The Morgan fingerprint density at radius 3 is 2.84 bits per heavy atom. The molecule has 0 fully saturated rings. The smallest absolute Gasteiger partial charge is 0.287 e. The molecule has 1 heterocycles. The number of aldehydes is 1. The minimum atomic E-state index is -0.517. The van der Waals surface area contributed by atoms with Gasteiger partial charge in [-0.15, -0.1) is 0 Å². The van der Waals surface area contributed by atoms with Crippen LogP contribution >= 0.6 is 15.9 Å². The van der Waals surface area contributed by atoms with Gasteiger partial charge < -0.3 is 4.74 Å². The fourth-order valence-corrected chi connectivity index (χ4v) is 1.89. The molecule has 0 unspecified atom stereocenters. The van der Waals surface area contributed by atoms with Gasteiger partial charge in [-0.25, -0.2) is 0 Å². The normalized spacial score (nSPS) is 9.95. The van der Waals surface area contributed by atoms with Crippen LogP contribution in [0.4, 0.5) is 5.69 Å². The van der Waals surface area contributed by atoms with Crippen LogP contribution in [-0.4, -0.2) is 16.2 Å². The molecule has 0 aliphatic carbocycles. The lowest BCUT2D eigenvalue weighted by Gasteiger charge is -2.07. The van der Waals surface area contributed by atoms with Crippen LogP contribution in [0.3, 0.4) is 0 Å². The van der Waals surface area contributed by atoms with Crippen molar-refractivity contribution in [3.05, 3.63) is 56.8 Å². The van der Waals surface area contributed by atoms with Gasteiger partial charge in [0, 0.05) is 17.8 Å². The summed E-state index contributed by atoms with van der Waals surface area (Å²) in [5, 5.41) is 10.8. The van der Waals surface area contributed by atoms with E-state index in [1.165, 1.54) is 30.6 Å². The van der Waals surface area contributed by atoms with Crippen molar-refractivity contribution in [3.63, 3.8) is 0 Å². The zero-order valence-electron chi connectivity index (χ0n) is 9.45. The van der Waals surface area contributed by atoms with E-state index in [0.29, 0.717) is 17.6 Å². The maximum atomic E-state index is 10.8. The van der Waals surface area contributed by atoms with Crippen molar-refractivity contribution in [2.45, 2.75) is 0 Å². The number of carbonyl (C=O) groups excluding carboxylic acids is 1. The fourth-order valence-electron chi connectivity index (χ4n) is 1.40. The lowest BCUT2D eigenvalue weighted by atomic mass is 10.3. The average Bonchev–Trinajstić information content (AvgIpc) is 2.41. The average molecular weight is 323 g/mol. The van der Waals surface area contributed by atoms with Crippen LogP contribution in [0.5, 0.6) is 11.5 Å². The van der Waals surface area contributed by atoms with E-state index < -0.39 is 4.92 Å². The lowest BCUT2D eigenvalue weighted by molar-refractivity contribution is -0.385. The molecule has 0 amide bonds. The Bertz CT molecular complexity index is 645. The largest absolute Gasteiger partial charge is 0.454 e. The summed E-state index contributed by atoms with van der Waals surface area (Å²) in [7, 11) is 0. The topological polar surface area (TPSA) is 82.3 Å². The third kappa shape index (κ3) is 2.94. The molecule has 0 saturated heterocycles. The van der Waals surface area contributed by atoms with Crippen LogP contribution in [0.2, 0.25) is 0 Å². The number of rotatable bonds is 4. The summed E-state index contributed by atoms with van der Waals surface area (Å²) in [5.74, 6) is 0.602. The first kappa shape index (κ1) is 13.2. The van der Waals surface area contributed by atoms with Crippen LogP contribution < -0.4 is 4.74 Å². The second-order valence-corrected chi connectivity index (χ2v) is 4.31. The Hall–Kier alpha value is -2.28. The first-order chi connectivity index (χ1) is 9.11. The molecule has 96 valence electrons. The van der Waals surface area contributed by atoms with Gasteiger partial charge in [-0.2, -0.15) is 0 Å². The number of nitro benzene ring substituents is 1. The van der Waals surface area contributed by atoms with Crippen molar-refractivity contribution in [1.82, 2.24) is 4.98 Å². The minimum Gasteiger partial charge on any atom is -0.454 e. The molecule has 7 heteroatoms. The van der Waals surface area contributed by atoms with Gasteiger partial charge in [-0.1, -0.05) is 6.07 Å². The van der Waals surface area contributed by atoms with E-state index in [-0.39, 0.29) is 15.9 Å². The molecule has 0 radical (unpaired) electrons. The monoisotopic (exact) mass is 322 g/mol. The third-order valence-corrected chi connectivity index (χ3v) is 3.03. The summed E-state index contributed by atoms with van der Waals surface area (Å²) in [6, 6.07) is 5.93. The van der Waals surface area contributed by atoms with Crippen molar-refractivity contribution >= 4 is 27.9 Å². The van der Waals surface area contributed by atoms with E-state index in [2.05, 4.69) is 20.9 Å². The highest BCUT2D eigenvalue weighted by atomic mass is 79.9. The van der Waals surface area contributed by atoms with Gasteiger partial charge in [-0.05, 0) is 28.1 Å². The van der Waals surface area contributed by atoms with E-state index in [1.807, 2.05) is 0 Å². The van der Waals surface area contributed by atoms with Gasteiger partial charge in [0.1, 0.15) is 16.0 Å². The maximum Gasteiger partial charge on any atom is 0.287 e. The highest BCUT2D eigenvalue weighted by Crippen LogP contribution is 2.36. The van der Waals surface area contributed by atoms with Crippen LogP contribution in [0, 0.1) is 10.1 Å². The first-order valence-corrected chi connectivity index (χ1v) is 5.92. The SMILES string of the molecule is O=Cc1cncc(Oc2cccc([N+](=O)[O-])c2Br)c1. The van der Waals surface area contributed by atoms with E-state index in [0.717, 1.165) is 0 Å². The van der Waals surface area contributed by atoms with Crippen LogP contribution in [0.25, 0.3) is 0 Å². The van der Waals surface area contributed by atoms with Gasteiger partial charge in [0.05, 0.1) is 11.1 Å². The predicted octanol–water partition coefficient (Wildman–Crippen LogP) is 3.36. The Labute approximate surface area is 116 Å².